The summed E-state index contributed by atoms with van der Waals surface area (Å²) < 4.78 is 4.57. The molecule has 16 heavy (non-hydrogen) atoms. The number of hydrogen-bond donors (Lipinski definition) is 0. The number of hydrogen-bond acceptors (Lipinski definition) is 3. The number of esters is 1. The number of methoxy groups -OCH3 is 1. The fraction of sp³-hybridized carbons (Fsp3) is 0.846. The molecule has 0 unspecified atom stereocenters. The Morgan fingerprint density at radius 3 is 2.69 bits per heavy atom. The zero-order chi connectivity index (χ0) is 11.8. The lowest BCUT2D eigenvalue weighted by Gasteiger charge is -2.06. The highest BCUT2D eigenvalue weighted by molar-refractivity contribution is 5.82. The maximum atomic E-state index is 11.4. The van der Waals surface area contributed by atoms with Crippen molar-refractivity contribution in [2.75, 3.05) is 7.11 Å². The number of ketones is 1. The molecule has 0 spiro atoms. The van der Waals surface area contributed by atoms with Crippen LogP contribution in [-0.4, -0.2) is 18.9 Å². The highest BCUT2D eigenvalue weighted by Gasteiger charge is 2.23. The van der Waals surface area contributed by atoms with Crippen LogP contribution in [0.2, 0.25) is 0 Å². The third-order valence-electron chi connectivity index (χ3n) is 3.34. The highest BCUT2D eigenvalue weighted by Crippen LogP contribution is 2.26. The van der Waals surface area contributed by atoms with E-state index in [1.54, 1.807) is 0 Å². The normalized spacial score (nSPS) is 20.1. The standard InChI is InChI=1S/C13H22O3/c1-16-13(15)10-5-3-2-4-7-11-8-6-9-12(11)14/h11H,2-10H2,1H3/t11-/m1/s1. The first-order chi connectivity index (χ1) is 7.74. The van der Waals surface area contributed by atoms with Crippen molar-refractivity contribution in [1.29, 1.82) is 0 Å². The van der Waals surface area contributed by atoms with Gasteiger partial charge in [0.1, 0.15) is 5.78 Å². The van der Waals surface area contributed by atoms with E-state index in [9.17, 15) is 9.59 Å². The van der Waals surface area contributed by atoms with Crippen LogP contribution >= 0.6 is 0 Å². The molecule has 1 saturated carbocycles. The van der Waals surface area contributed by atoms with Crippen molar-refractivity contribution in [2.45, 2.75) is 57.8 Å². The van der Waals surface area contributed by atoms with Gasteiger partial charge in [-0.1, -0.05) is 19.3 Å². The molecule has 0 N–H and O–H groups in total. The summed E-state index contributed by atoms with van der Waals surface area (Å²) >= 11 is 0. The van der Waals surface area contributed by atoms with Crippen LogP contribution in [0.25, 0.3) is 0 Å². The second-order valence-corrected chi connectivity index (χ2v) is 4.58. The Labute approximate surface area is 97.5 Å². The third-order valence-corrected chi connectivity index (χ3v) is 3.34. The Morgan fingerprint density at radius 1 is 1.31 bits per heavy atom. The van der Waals surface area contributed by atoms with Gasteiger partial charge in [0.2, 0.25) is 0 Å². The summed E-state index contributed by atoms with van der Waals surface area (Å²) in [6, 6.07) is 0. The van der Waals surface area contributed by atoms with Gasteiger partial charge in [0.15, 0.2) is 0 Å². The van der Waals surface area contributed by atoms with Gasteiger partial charge in [-0.3, -0.25) is 9.59 Å². The van der Waals surface area contributed by atoms with Gasteiger partial charge in [0.05, 0.1) is 7.11 Å². The Bertz CT molecular complexity index is 235. The zero-order valence-corrected chi connectivity index (χ0v) is 10.2. The first-order valence-electron chi connectivity index (χ1n) is 6.33. The van der Waals surface area contributed by atoms with E-state index in [4.69, 9.17) is 0 Å². The SMILES string of the molecule is COC(=O)CCCCCC[C@@H]1CCCC1=O. The highest BCUT2D eigenvalue weighted by atomic mass is 16.5. The van der Waals surface area contributed by atoms with Gasteiger partial charge in [0.25, 0.3) is 0 Å². The lowest BCUT2D eigenvalue weighted by atomic mass is 9.98. The number of unbranched alkanes of at least 4 members (excludes halogenated alkanes) is 3. The second kappa shape index (κ2) is 7.42. The molecule has 0 heterocycles. The van der Waals surface area contributed by atoms with Crippen molar-refractivity contribution in [1.82, 2.24) is 0 Å². The molecule has 1 aliphatic rings. The molecule has 1 fully saturated rings. The van der Waals surface area contributed by atoms with Crippen LogP contribution in [0, 0.1) is 5.92 Å². The molecule has 1 aliphatic carbocycles. The minimum absolute atomic E-state index is 0.119. The second-order valence-electron chi connectivity index (χ2n) is 4.58. The molecule has 3 heteroatoms. The topological polar surface area (TPSA) is 43.4 Å². The van der Waals surface area contributed by atoms with Gasteiger partial charge in [-0.25, -0.2) is 0 Å². The van der Waals surface area contributed by atoms with E-state index in [0.29, 0.717) is 18.1 Å². The van der Waals surface area contributed by atoms with Crippen LogP contribution in [0.1, 0.15) is 57.8 Å². The van der Waals surface area contributed by atoms with Gasteiger partial charge < -0.3 is 4.74 Å². The number of carbonyl (C=O) groups excluding carboxylic acids is 2. The molecular formula is C13H22O3. The van der Waals surface area contributed by atoms with Gasteiger partial charge >= 0.3 is 5.97 Å². The molecule has 1 atom stereocenters. The summed E-state index contributed by atoms with van der Waals surface area (Å²) in [5, 5.41) is 0. The minimum atomic E-state index is -0.119. The number of ether oxygens (including phenoxy) is 1. The molecule has 0 aromatic carbocycles. The average Bonchev–Trinajstić information content (AvgIpc) is 2.69. The Kier molecular flexibility index (Phi) is 6.12. The van der Waals surface area contributed by atoms with Crippen LogP contribution in [0.3, 0.4) is 0 Å². The van der Waals surface area contributed by atoms with Gasteiger partial charge in [-0.05, 0) is 25.7 Å². The first-order valence-corrected chi connectivity index (χ1v) is 6.33. The predicted octanol–water partition coefficient (Wildman–Crippen LogP) is 2.87. The van der Waals surface area contributed by atoms with E-state index in [1.807, 2.05) is 0 Å². The zero-order valence-electron chi connectivity index (χ0n) is 10.2. The van der Waals surface area contributed by atoms with Crippen molar-refractivity contribution >= 4 is 11.8 Å². The molecule has 0 radical (unpaired) electrons. The van der Waals surface area contributed by atoms with Crippen molar-refractivity contribution in [3.8, 4) is 0 Å². The number of rotatable bonds is 7. The lowest BCUT2D eigenvalue weighted by Crippen LogP contribution is -2.05. The van der Waals surface area contributed by atoms with E-state index in [0.717, 1.165) is 51.4 Å². The van der Waals surface area contributed by atoms with Crippen molar-refractivity contribution in [3.63, 3.8) is 0 Å². The van der Waals surface area contributed by atoms with Gasteiger partial charge in [-0.2, -0.15) is 0 Å². The quantitative estimate of drug-likeness (QED) is 0.495. The Balaban J connectivity index is 1.92. The molecule has 0 saturated heterocycles. The van der Waals surface area contributed by atoms with E-state index < -0.39 is 0 Å². The minimum Gasteiger partial charge on any atom is -0.469 e. The molecular weight excluding hydrogens is 204 g/mol. The van der Waals surface area contributed by atoms with Crippen LogP contribution < -0.4 is 0 Å². The molecule has 0 bridgehead atoms. The monoisotopic (exact) mass is 226 g/mol. The van der Waals surface area contributed by atoms with E-state index in [1.165, 1.54) is 7.11 Å². The third kappa shape index (κ3) is 4.77. The van der Waals surface area contributed by atoms with Crippen molar-refractivity contribution < 1.29 is 14.3 Å². The molecule has 92 valence electrons. The van der Waals surface area contributed by atoms with Crippen LogP contribution in [0.5, 0.6) is 0 Å². The lowest BCUT2D eigenvalue weighted by molar-refractivity contribution is -0.140. The summed E-state index contributed by atoms with van der Waals surface area (Å²) in [6.07, 6.45) is 8.79. The molecule has 0 aliphatic heterocycles. The fourth-order valence-electron chi connectivity index (χ4n) is 2.31. The first kappa shape index (κ1) is 13.2. The summed E-state index contributed by atoms with van der Waals surface area (Å²) in [4.78, 5) is 22.2. The Morgan fingerprint density at radius 2 is 2.06 bits per heavy atom. The molecule has 1 rings (SSSR count). The van der Waals surface area contributed by atoms with Crippen LogP contribution in [0.15, 0.2) is 0 Å². The Hall–Kier alpha value is -0.860. The van der Waals surface area contributed by atoms with E-state index >= 15 is 0 Å². The number of Topliss-reactive ketones (excluding diaryl/α,β-unsaturated/α-hetero) is 1. The summed E-state index contributed by atoms with van der Waals surface area (Å²) in [6.45, 7) is 0. The van der Waals surface area contributed by atoms with E-state index in [2.05, 4.69) is 4.74 Å². The molecule has 0 amide bonds. The predicted molar refractivity (Wildman–Crippen MR) is 62.1 cm³/mol. The number of carbonyl (C=O) groups is 2. The largest absolute Gasteiger partial charge is 0.469 e. The molecule has 3 nitrogen and oxygen atoms in total. The van der Waals surface area contributed by atoms with E-state index in [-0.39, 0.29) is 5.97 Å². The van der Waals surface area contributed by atoms with Crippen LogP contribution in [0.4, 0.5) is 0 Å². The molecule has 0 aromatic heterocycles. The smallest absolute Gasteiger partial charge is 0.305 e. The van der Waals surface area contributed by atoms with Crippen molar-refractivity contribution in [3.05, 3.63) is 0 Å². The van der Waals surface area contributed by atoms with Crippen molar-refractivity contribution in [2.24, 2.45) is 5.92 Å². The van der Waals surface area contributed by atoms with Gasteiger partial charge in [0, 0.05) is 18.8 Å². The summed E-state index contributed by atoms with van der Waals surface area (Å²) in [5.41, 5.74) is 0. The van der Waals surface area contributed by atoms with Crippen LogP contribution in [-0.2, 0) is 14.3 Å². The average molecular weight is 226 g/mol. The maximum absolute atomic E-state index is 11.4. The fourth-order valence-corrected chi connectivity index (χ4v) is 2.31. The maximum Gasteiger partial charge on any atom is 0.305 e. The van der Waals surface area contributed by atoms with Gasteiger partial charge in [-0.15, -0.1) is 0 Å². The summed E-state index contributed by atoms with van der Waals surface area (Å²) in [7, 11) is 1.42. The summed E-state index contributed by atoms with van der Waals surface area (Å²) in [5.74, 6) is 0.695. The molecule has 0 aromatic rings.